The maximum atomic E-state index is 13.0. The average Bonchev–Trinajstić information content (AvgIpc) is 2.97. The second kappa shape index (κ2) is 6.06. The van der Waals surface area contributed by atoms with Crippen molar-refractivity contribution in [1.82, 2.24) is 10.3 Å². The normalized spacial score (nSPS) is 18.4. The van der Waals surface area contributed by atoms with Crippen molar-refractivity contribution >= 4 is 11.7 Å². The van der Waals surface area contributed by atoms with Gasteiger partial charge in [-0.15, -0.1) is 0 Å². The first kappa shape index (κ1) is 15.9. The number of nitrogens with zero attached hydrogens (tertiary/aromatic N) is 2. The Kier molecular flexibility index (Phi) is 3.86. The van der Waals surface area contributed by atoms with E-state index in [9.17, 15) is 4.79 Å². The van der Waals surface area contributed by atoms with E-state index < -0.39 is 0 Å². The summed E-state index contributed by atoms with van der Waals surface area (Å²) in [5.74, 6) is 0.688. The number of urea groups is 1. The van der Waals surface area contributed by atoms with Crippen LogP contribution in [0.25, 0.3) is 0 Å². The Morgan fingerprint density at radius 2 is 2.12 bits per heavy atom. The largest absolute Gasteiger partial charge is 0.495 e. The van der Waals surface area contributed by atoms with E-state index in [1.54, 1.807) is 19.5 Å². The summed E-state index contributed by atoms with van der Waals surface area (Å²) in [6, 6.07) is 9.99. The average molecular weight is 337 g/mol. The van der Waals surface area contributed by atoms with E-state index in [-0.39, 0.29) is 17.5 Å². The summed E-state index contributed by atoms with van der Waals surface area (Å²) < 4.78 is 5.36. The summed E-state index contributed by atoms with van der Waals surface area (Å²) >= 11 is 0. The highest BCUT2D eigenvalue weighted by molar-refractivity contribution is 5.95. The molecule has 1 aliphatic heterocycles. The molecule has 0 saturated heterocycles. The quantitative estimate of drug-likeness (QED) is 0.927. The number of carbonyl (C=O) groups excluding carboxylic acids is 1. The first-order chi connectivity index (χ1) is 12.1. The van der Waals surface area contributed by atoms with Gasteiger partial charge < -0.3 is 10.1 Å². The van der Waals surface area contributed by atoms with E-state index in [1.807, 2.05) is 24.0 Å². The van der Waals surface area contributed by atoms with Gasteiger partial charge in [0.2, 0.25) is 0 Å². The number of carbonyl (C=O) groups is 1. The van der Waals surface area contributed by atoms with Gasteiger partial charge in [-0.25, -0.2) is 4.79 Å². The molecule has 1 atom stereocenters. The van der Waals surface area contributed by atoms with E-state index in [0.29, 0.717) is 5.75 Å². The van der Waals surface area contributed by atoms with Gasteiger partial charge in [-0.05, 0) is 37.5 Å². The lowest BCUT2D eigenvalue weighted by molar-refractivity contribution is 0.233. The van der Waals surface area contributed by atoms with Crippen LogP contribution in [-0.2, 0) is 5.41 Å². The maximum Gasteiger partial charge on any atom is 0.322 e. The molecule has 1 aromatic carbocycles. The summed E-state index contributed by atoms with van der Waals surface area (Å²) in [4.78, 5) is 19.0. The Hall–Kier alpha value is -2.56. The lowest BCUT2D eigenvalue weighted by Gasteiger charge is -2.39. The molecule has 5 nitrogen and oxygen atoms in total. The smallest absolute Gasteiger partial charge is 0.322 e. The van der Waals surface area contributed by atoms with Crippen LogP contribution in [0.2, 0.25) is 0 Å². The molecule has 1 saturated carbocycles. The minimum absolute atomic E-state index is 0.0532. The Balaban J connectivity index is 1.56. The zero-order chi connectivity index (χ0) is 17.4. The third-order valence-electron chi connectivity index (χ3n) is 5.63. The molecule has 2 aromatic rings. The Bertz CT molecular complexity index is 801. The van der Waals surface area contributed by atoms with E-state index in [0.717, 1.165) is 17.8 Å². The maximum absolute atomic E-state index is 13.0. The standard InChI is InChI=1S/C20H23N3O2/c1-14(15-8-11-21-12-18(15)25-2)22-19(24)23-13-20(9-5-10-20)16-6-3-4-7-17(16)23/h3-4,6-8,11-12,14H,5,9-10,13H2,1-2H3,(H,22,24). The van der Waals surface area contributed by atoms with Crippen LogP contribution in [0, 0.1) is 0 Å². The van der Waals surface area contributed by atoms with Crippen LogP contribution in [0.5, 0.6) is 5.75 Å². The predicted octanol–water partition coefficient (Wildman–Crippen LogP) is 3.80. The lowest BCUT2D eigenvalue weighted by Crippen LogP contribution is -2.45. The van der Waals surface area contributed by atoms with Gasteiger partial charge in [0.15, 0.2) is 0 Å². The molecule has 1 N–H and O–H groups in total. The summed E-state index contributed by atoms with van der Waals surface area (Å²) in [6.45, 7) is 2.75. The molecule has 2 heterocycles. The number of rotatable bonds is 3. The summed E-state index contributed by atoms with van der Waals surface area (Å²) in [6.07, 6.45) is 6.97. The van der Waals surface area contributed by atoms with Crippen LogP contribution in [0.15, 0.2) is 42.7 Å². The molecule has 2 amide bonds. The lowest BCUT2D eigenvalue weighted by atomic mass is 9.66. The van der Waals surface area contributed by atoms with Gasteiger partial charge >= 0.3 is 6.03 Å². The number of methoxy groups -OCH3 is 1. The van der Waals surface area contributed by atoms with Gasteiger partial charge in [0.25, 0.3) is 0 Å². The first-order valence-corrected chi connectivity index (χ1v) is 8.80. The molecule has 1 spiro atoms. The second-order valence-corrected chi connectivity index (χ2v) is 7.03. The number of amides is 2. The molecule has 1 aliphatic carbocycles. The molecule has 0 radical (unpaired) electrons. The van der Waals surface area contributed by atoms with Crippen molar-refractivity contribution < 1.29 is 9.53 Å². The van der Waals surface area contributed by atoms with Crippen LogP contribution in [0.4, 0.5) is 10.5 Å². The van der Waals surface area contributed by atoms with Crippen molar-refractivity contribution in [2.45, 2.75) is 37.6 Å². The van der Waals surface area contributed by atoms with E-state index >= 15 is 0 Å². The van der Waals surface area contributed by atoms with E-state index in [1.165, 1.54) is 24.8 Å². The zero-order valence-electron chi connectivity index (χ0n) is 14.7. The molecular weight excluding hydrogens is 314 g/mol. The van der Waals surface area contributed by atoms with E-state index in [2.05, 4.69) is 28.5 Å². The number of benzene rings is 1. The van der Waals surface area contributed by atoms with Crippen LogP contribution in [0.1, 0.15) is 43.4 Å². The van der Waals surface area contributed by atoms with Gasteiger partial charge in [-0.1, -0.05) is 24.6 Å². The number of ether oxygens (including phenoxy) is 1. The molecule has 5 heteroatoms. The SMILES string of the molecule is COc1cnccc1C(C)NC(=O)N1CC2(CCC2)c2ccccc21. The van der Waals surface area contributed by atoms with Crippen molar-refractivity contribution in [3.63, 3.8) is 0 Å². The predicted molar refractivity (Wildman–Crippen MR) is 97.1 cm³/mol. The minimum atomic E-state index is -0.157. The molecular formula is C20H23N3O2. The molecule has 1 aromatic heterocycles. The fraction of sp³-hybridized carbons (Fsp3) is 0.400. The number of anilines is 1. The number of pyridine rings is 1. The van der Waals surface area contributed by atoms with Crippen molar-refractivity contribution in [1.29, 1.82) is 0 Å². The Morgan fingerprint density at radius 3 is 2.84 bits per heavy atom. The topological polar surface area (TPSA) is 54.5 Å². The third kappa shape index (κ3) is 2.54. The number of hydrogen-bond donors (Lipinski definition) is 1. The van der Waals surface area contributed by atoms with Crippen LogP contribution in [0.3, 0.4) is 0 Å². The van der Waals surface area contributed by atoms with Gasteiger partial charge in [-0.3, -0.25) is 9.88 Å². The third-order valence-corrected chi connectivity index (χ3v) is 5.63. The number of fused-ring (bicyclic) bond motifs is 2. The molecule has 2 aliphatic rings. The molecule has 0 bridgehead atoms. The second-order valence-electron chi connectivity index (χ2n) is 7.03. The van der Waals surface area contributed by atoms with Gasteiger partial charge in [0, 0.05) is 29.4 Å². The minimum Gasteiger partial charge on any atom is -0.495 e. The van der Waals surface area contributed by atoms with Crippen LogP contribution < -0.4 is 15.0 Å². The number of aromatic nitrogens is 1. The summed E-state index contributed by atoms with van der Waals surface area (Å²) in [5, 5.41) is 3.12. The zero-order valence-corrected chi connectivity index (χ0v) is 14.7. The number of para-hydroxylation sites is 1. The number of hydrogen-bond acceptors (Lipinski definition) is 3. The molecule has 25 heavy (non-hydrogen) atoms. The highest BCUT2D eigenvalue weighted by atomic mass is 16.5. The van der Waals surface area contributed by atoms with Gasteiger partial charge in [0.05, 0.1) is 19.3 Å². The van der Waals surface area contributed by atoms with Crippen LogP contribution in [-0.4, -0.2) is 24.7 Å². The fourth-order valence-electron chi connectivity index (χ4n) is 4.10. The fourth-order valence-corrected chi connectivity index (χ4v) is 4.10. The Labute approximate surface area is 148 Å². The van der Waals surface area contributed by atoms with Crippen molar-refractivity contribution in [3.8, 4) is 5.75 Å². The van der Waals surface area contributed by atoms with Crippen LogP contribution >= 0.6 is 0 Å². The highest BCUT2D eigenvalue weighted by Gasteiger charge is 2.48. The molecule has 1 unspecified atom stereocenters. The van der Waals surface area contributed by atoms with Gasteiger partial charge in [-0.2, -0.15) is 0 Å². The highest BCUT2D eigenvalue weighted by Crippen LogP contribution is 2.52. The summed E-state index contributed by atoms with van der Waals surface area (Å²) in [5.41, 5.74) is 3.47. The number of nitrogens with one attached hydrogen (secondary N) is 1. The Morgan fingerprint density at radius 1 is 1.32 bits per heavy atom. The first-order valence-electron chi connectivity index (χ1n) is 8.80. The summed E-state index contributed by atoms with van der Waals surface area (Å²) in [7, 11) is 1.62. The van der Waals surface area contributed by atoms with E-state index in [4.69, 9.17) is 4.74 Å². The van der Waals surface area contributed by atoms with Crippen molar-refractivity contribution in [2.75, 3.05) is 18.6 Å². The molecule has 1 fully saturated rings. The monoisotopic (exact) mass is 337 g/mol. The molecule has 130 valence electrons. The molecule has 4 rings (SSSR count). The van der Waals surface area contributed by atoms with Crippen molar-refractivity contribution in [2.24, 2.45) is 0 Å². The van der Waals surface area contributed by atoms with Crippen molar-refractivity contribution in [3.05, 3.63) is 53.9 Å². The van der Waals surface area contributed by atoms with Gasteiger partial charge in [0.1, 0.15) is 5.75 Å².